The molecule has 1 atom stereocenters. The van der Waals surface area contributed by atoms with Gasteiger partial charge in [0.15, 0.2) is 0 Å². The van der Waals surface area contributed by atoms with Crippen LogP contribution in [-0.2, 0) is 0 Å². The summed E-state index contributed by atoms with van der Waals surface area (Å²) in [5, 5.41) is 0. The summed E-state index contributed by atoms with van der Waals surface area (Å²) in [5.74, 6) is 0.731. The fraction of sp³-hybridized carbons (Fsp3) is 0.538. The van der Waals surface area contributed by atoms with Gasteiger partial charge < -0.3 is 5.73 Å². The lowest BCUT2D eigenvalue weighted by molar-refractivity contribution is 0.263. The molecular formula is C13H19N. The Bertz CT molecular complexity index is 306. The SMILES string of the molecule is Cc1cccc(C)c1[C@H](N)C1CCC1. The number of hydrogen-bond acceptors (Lipinski definition) is 1. The fourth-order valence-electron chi connectivity index (χ4n) is 2.39. The van der Waals surface area contributed by atoms with Crippen molar-refractivity contribution in [1.82, 2.24) is 0 Å². The van der Waals surface area contributed by atoms with Gasteiger partial charge in [-0.3, -0.25) is 0 Å². The summed E-state index contributed by atoms with van der Waals surface area (Å²) >= 11 is 0. The first-order valence-electron chi connectivity index (χ1n) is 5.52. The summed E-state index contributed by atoms with van der Waals surface area (Å²) in [6.07, 6.45) is 3.99. The van der Waals surface area contributed by atoms with E-state index in [2.05, 4.69) is 32.0 Å². The van der Waals surface area contributed by atoms with Gasteiger partial charge in [-0.05, 0) is 49.3 Å². The smallest absolute Gasteiger partial charge is 0.0328 e. The Hall–Kier alpha value is -0.820. The van der Waals surface area contributed by atoms with Crippen molar-refractivity contribution in [3.8, 4) is 0 Å². The summed E-state index contributed by atoms with van der Waals surface area (Å²) in [5.41, 5.74) is 10.4. The van der Waals surface area contributed by atoms with E-state index in [1.807, 2.05) is 0 Å². The zero-order valence-electron chi connectivity index (χ0n) is 9.09. The number of benzene rings is 1. The van der Waals surface area contributed by atoms with Gasteiger partial charge in [-0.25, -0.2) is 0 Å². The van der Waals surface area contributed by atoms with Crippen LogP contribution in [0.2, 0.25) is 0 Å². The normalized spacial score (nSPS) is 19.1. The maximum atomic E-state index is 6.30. The molecule has 0 heterocycles. The van der Waals surface area contributed by atoms with Crippen LogP contribution in [0.5, 0.6) is 0 Å². The Kier molecular flexibility index (Phi) is 2.60. The minimum absolute atomic E-state index is 0.268. The maximum Gasteiger partial charge on any atom is 0.0328 e. The van der Waals surface area contributed by atoms with Crippen molar-refractivity contribution in [3.05, 3.63) is 34.9 Å². The van der Waals surface area contributed by atoms with Crippen LogP contribution in [0.3, 0.4) is 0 Å². The summed E-state index contributed by atoms with van der Waals surface area (Å²) in [7, 11) is 0. The van der Waals surface area contributed by atoms with E-state index < -0.39 is 0 Å². The maximum absolute atomic E-state index is 6.30. The molecule has 0 amide bonds. The van der Waals surface area contributed by atoms with Gasteiger partial charge in [0.2, 0.25) is 0 Å². The number of nitrogens with two attached hydrogens (primary N) is 1. The molecule has 2 rings (SSSR count). The molecule has 0 aliphatic heterocycles. The Morgan fingerprint density at radius 2 is 1.79 bits per heavy atom. The van der Waals surface area contributed by atoms with Crippen molar-refractivity contribution in [3.63, 3.8) is 0 Å². The number of rotatable bonds is 2. The molecule has 1 heteroatoms. The third kappa shape index (κ3) is 1.57. The van der Waals surface area contributed by atoms with Crippen molar-refractivity contribution in [2.24, 2.45) is 11.7 Å². The van der Waals surface area contributed by atoms with E-state index in [1.54, 1.807) is 0 Å². The van der Waals surface area contributed by atoms with Gasteiger partial charge in [0.25, 0.3) is 0 Å². The van der Waals surface area contributed by atoms with E-state index in [1.165, 1.54) is 36.0 Å². The largest absolute Gasteiger partial charge is 0.324 e. The van der Waals surface area contributed by atoms with Crippen molar-refractivity contribution < 1.29 is 0 Å². The molecular weight excluding hydrogens is 170 g/mol. The predicted molar refractivity (Wildman–Crippen MR) is 60.2 cm³/mol. The zero-order chi connectivity index (χ0) is 10.1. The average Bonchev–Trinajstić information content (AvgIpc) is 2.00. The van der Waals surface area contributed by atoms with Crippen LogP contribution in [0.15, 0.2) is 18.2 Å². The highest BCUT2D eigenvalue weighted by molar-refractivity contribution is 5.36. The van der Waals surface area contributed by atoms with Gasteiger partial charge in [0, 0.05) is 6.04 Å². The van der Waals surface area contributed by atoms with Crippen molar-refractivity contribution in [2.45, 2.75) is 39.2 Å². The lowest BCUT2D eigenvalue weighted by Crippen LogP contribution is -2.28. The van der Waals surface area contributed by atoms with Gasteiger partial charge in [-0.1, -0.05) is 24.6 Å². The van der Waals surface area contributed by atoms with Crippen molar-refractivity contribution in [2.75, 3.05) is 0 Å². The van der Waals surface area contributed by atoms with E-state index in [0.717, 1.165) is 5.92 Å². The number of hydrogen-bond donors (Lipinski definition) is 1. The lowest BCUT2D eigenvalue weighted by Gasteiger charge is -2.33. The standard InChI is InChI=1S/C13H19N/c1-9-5-3-6-10(2)12(9)13(14)11-7-4-8-11/h3,5-6,11,13H,4,7-8,14H2,1-2H3/t13-/m1/s1. The second-order valence-electron chi connectivity index (χ2n) is 4.52. The van der Waals surface area contributed by atoms with Gasteiger partial charge in [0.05, 0.1) is 0 Å². The monoisotopic (exact) mass is 189 g/mol. The summed E-state index contributed by atoms with van der Waals surface area (Å²) < 4.78 is 0. The summed E-state index contributed by atoms with van der Waals surface area (Å²) in [6, 6.07) is 6.72. The molecule has 0 unspecified atom stereocenters. The van der Waals surface area contributed by atoms with Crippen LogP contribution < -0.4 is 5.73 Å². The first-order valence-corrected chi connectivity index (χ1v) is 5.52. The highest BCUT2D eigenvalue weighted by Crippen LogP contribution is 2.38. The third-order valence-corrected chi connectivity index (χ3v) is 3.53. The molecule has 2 N–H and O–H groups in total. The average molecular weight is 189 g/mol. The molecule has 0 radical (unpaired) electrons. The second-order valence-corrected chi connectivity index (χ2v) is 4.52. The Labute approximate surface area is 86.3 Å². The van der Waals surface area contributed by atoms with E-state index in [4.69, 9.17) is 5.73 Å². The van der Waals surface area contributed by atoms with Gasteiger partial charge in [-0.2, -0.15) is 0 Å². The Balaban J connectivity index is 2.29. The molecule has 0 bridgehead atoms. The van der Waals surface area contributed by atoms with E-state index in [0.29, 0.717) is 0 Å². The van der Waals surface area contributed by atoms with Gasteiger partial charge in [0.1, 0.15) is 0 Å². The molecule has 0 saturated heterocycles. The highest BCUT2D eigenvalue weighted by Gasteiger charge is 2.27. The molecule has 1 aromatic carbocycles. The second kappa shape index (κ2) is 3.74. The number of aryl methyl sites for hydroxylation is 2. The molecule has 1 fully saturated rings. The van der Waals surface area contributed by atoms with Crippen LogP contribution in [0, 0.1) is 19.8 Å². The quantitative estimate of drug-likeness (QED) is 0.760. The first kappa shape index (κ1) is 9.72. The summed E-state index contributed by atoms with van der Waals surface area (Å²) in [4.78, 5) is 0. The molecule has 1 aliphatic rings. The minimum Gasteiger partial charge on any atom is -0.324 e. The Morgan fingerprint density at radius 3 is 2.21 bits per heavy atom. The molecule has 1 aromatic rings. The van der Waals surface area contributed by atoms with E-state index >= 15 is 0 Å². The fourth-order valence-corrected chi connectivity index (χ4v) is 2.39. The van der Waals surface area contributed by atoms with E-state index in [9.17, 15) is 0 Å². The molecule has 0 spiro atoms. The van der Waals surface area contributed by atoms with Crippen LogP contribution in [-0.4, -0.2) is 0 Å². The first-order chi connectivity index (χ1) is 6.70. The molecule has 1 aliphatic carbocycles. The van der Waals surface area contributed by atoms with Crippen LogP contribution in [0.1, 0.15) is 42.0 Å². The van der Waals surface area contributed by atoms with E-state index in [-0.39, 0.29) is 6.04 Å². The Morgan fingerprint density at radius 1 is 1.21 bits per heavy atom. The molecule has 14 heavy (non-hydrogen) atoms. The molecule has 1 saturated carbocycles. The van der Waals surface area contributed by atoms with Crippen LogP contribution >= 0.6 is 0 Å². The van der Waals surface area contributed by atoms with Crippen LogP contribution in [0.25, 0.3) is 0 Å². The van der Waals surface area contributed by atoms with Crippen molar-refractivity contribution >= 4 is 0 Å². The third-order valence-electron chi connectivity index (χ3n) is 3.53. The molecule has 0 aromatic heterocycles. The summed E-state index contributed by atoms with van der Waals surface area (Å²) in [6.45, 7) is 4.34. The predicted octanol–water partition coefficient (Wildman–Crippen LogP) is 3.10. The molecule has 76 valence electrons. The van der Waals surface area contributed by atoms with Gasteiger partial charge in [-0.15, -0.1) is 0 Å². The van der Waals surface area contributed by atoms with Crippen molar-refractivity contribution in [1.29, 1.82) is 0 Å². The highest BCUT2D eigenvalue weighted by atomic mass is 14.7. The minimum atomic E-state index is 0.268. The topological polar surface area (TPSA) is 26.0 Å². The molecule has 1 nitrogen and oxygen atoms in total. The van der Waals surface area contributed by atoms with Gasteiger partial charge >= 0.3 is 0 Å². The lowest BCUT2D eigenvalue weighted by atomic mass is 9.76. The van der Waals surface area contributed by atoms with Crippen LogP contribution in [0.4, 0.5) is 0 Å². The zero-order valence-corrected chi connectivity index (χ0v) is 9.09.